The molecule has 0 saturated carbocycles. The Labute approximate surface area is 139 Å². The number of benzene rings is 1. The molecule has 0 aliphatic rings. The summed E-state index contributed by atoms with van der Waals surface area (Å²) in [7, 11) is 0. The molecule has 0 radical (unpaired) electrons. The second kappa shape index (κ2) is 7.78. The molecule has 3 N–H and O–H groups in total. The maximum atomic E-state index is 12.2. The molecule has 0 bridgehead atoms. The highest BCUT2D eigenvalue weighted by atomic mass is 35.5. The van der Waals surface area contributed by atoms with Crippen LogP contribution >= 0.6 is 11.6 Å². The smallest absolute Gasteiger partial charge is 0.227 e. The number of carbonyl (C=O) groups is 2. The molecule has 0 fully saturated rings. The Balaban J connectivity index is 2.05. The van der Waals surface area contributed by atoms with Crippen molar-refractivity contribution in [1.82, 2.24) is 15.5 Å². The van der Waals surface area contributed by atoms with Gasteiger partial charge in [0.15, 0.2) is 5.82 Å². The number of carbonyl (C=O) groups excluding carboxylic acids is 2. The molecule has 23 heavy (non-hydrogen) atoms. The van der Waals surface area contributed by atoms with E-state index in [0.29, 0.717) is 10.8 Å². The number of anilines is 1. The minimum absolute atomic E-state index is 0.107. The number of hydrogen-bond donors (Lipinski definition) is 3. The van der Waals surface area contributed by atoms with Crippen LogP contribution in [0, 0.1) is 0 Å². The lowest BCUT2D eigenvalue weighted by Gasteiger charge is -2.17. The van der Waals surface area contributed by atoms with Gasteiger partial charge in [-0.1, -0.05) is 30.7 Å². The quantitative estimate of drug-likeness (QED) is 0.759. The van der Waals surface area contributed by atoms with E-state index in [1.165, 1.54) is 6.92 Å². The Morgan fingerprint density at radius 2 is 2.00 bits per heavy atom. The number of aryl methyl sites for hydroxylation is 1. The fraction of sp³-hybridized carbons (Fsp3) is 0.312. The van der Waals surface area contributed by atoms with E-state index in [1.807, 2.05) is 6.92 Å². The van der Waals surface area contributed by atoms with Gasteiger partial charge in [0, 0.05) is 23.7 Å². The van der Waals surface area contributed by atoms with Crippen molar-refractivity contribution in [3.8, 4) is 0 Å². The van der Waals surface area contributed by atoms with Crippen LogP contribution in [0.15, 0.2) is 30.3 Å². The average Bonchev–Trinajstić information content (AvgIpc) is 2.94. The minimum Gasteiger partial charge on any atom is -0.349 e. The van der Waals surface area contributed by atoms with Crippen molar-refractivity contribution in [2.24, 2.45) is 0 Å². The summed E-state index contributed by atoms with van der Waals surface area (Å²) in [6.07, 6.45) is 0.914. The van der Waals surface area contributed by atoms with Gasteiger partial charge in [0.1, 0.15) is 0 Å². The van der Waals surface area contributed by atoms with Gasteiger partial charge in [0.25, 0.3) is 0 Å². The number of H-pyrrole nitrogens is 1. The van der Waals surface area contributed by atoms with Crippen molar-refractivity contribution in [2.45, 2.75) is 32.7 Å². The third-order valence-electron chi connectivity index (χ3n) is 3.32. The molecule has 0 saturated heterocycles. The molecular formula is C16H19ClN4O2. The second-order valence-electron chi connectivity index (χ2n) is 5.19. The van der Waals surface area contributed by atoms with E-state index in [2.05, 4.69) is 20.8 Å². The maximum absolute atomic E-state index is 12.2. The third kappa shape index (κ3) is 5.10. The zero-order valence-electron chi connectivity index (χ0n) is 13.0. The first-order valence-corrected chi connectivity index (χ1v) is 7.72. The summed E-state index contributed by atoms with van der Waals surface area (Å²) >= 11 is 5.87. The molecule has 122 valence electrons. The fourth-order valence-corrected chi connectivity index (χ4v) is 2.30. The third-order valence-corrected chi connectivity index (χ3v) is 3.57. The maximum Gasteiger partial charge on any atom is 0.227 e. The Morgan fingerprint density at radius 1 is 1.30 bits per heavy atom. The first-order valence-electron chi connectivity index (χ1n) is 7.34. The summed E-state index contributed by atoms with van der Waals surface area (Å²) in [6.45, 7) is 3.41. The van der Waals surface area contributed by atoms with Crippen molar-refractivity contribution in [3.05, 3.63) is 46.6 Å². The minimum atomic E-state index is -0.422. The van der Waals surface area contributed by atoms with Gasteiger partial charge >= 0.3 is 0 Å². The number of amides is 2. The molecule has 0 aliphatic carbocycles. The first kappa shape index (κ1) is 17.0. The molecule has 1 unspecified atom stereocenters. The number of nitrogens with one attached hydrogen (secondary N) is 3. The van der Waals surface area contributed by atoms with Gasteiger partial charge in [-0.3, -0.25) is 14.7 Å². The zero-order chi connectivity index (χ0) is 16.8. The van der Waals surface area contributed by atoms with E-state index >= 15 is 0 Å². The van der Waals surface area contributed by atoms with E-state index in [1.54, 1.807) is 30.3 Å². The van der Waals surface area contributed by atoms with Crippen molar-refractivity contribution < 1.29 is 9.59 Å². The van der Waals surface area contributed by atoms with Gasteiger partial charge in [0.05, 0.1) is 12.5 Å². The predicted molar refractivity (Wildman–Crippen MR) is 89.2 cm³/mol. The molecular weight excluding hydrogens is 316 g/mol. The molecule has 0 aliphatic heterocycles. The van der Waals surface area contributed by atoms with Gasteiger partial charge in [-0.05, 0) is 24.1 Å². The van der Waals surface area contributed by atoms with Crippen LogP contribution in [0.3, 0.4) is 0 Å². The summed E-state index contributed by atoms with van der Waals surface area (Å²) in [4.78, 5) is 23.6. The van der Waals surface area contributed by atoms with E-state index in [4.69, 9.17) is 11.6 Å². The van der Waals surface area contributed by atoms with Crippen LogP contribution in [0.5, 0.6) is 0 Å². The van der Waals surface area contributed by atoms with Crippen molar-refractivity contribution in [3.63, 3.8) is 0 Å². The largest absolute Gasteiger partial charge is 0.349 e. The Kier molecular flexibility index (Phi) is 5.76. The summed E-state index contributed by atoms with van der Waals surface area (Å²) in [6, 6.07) is 8.40. The van der Waals surface area contributed by atoms with E-state index < -0.39 is 6.04 Å². The van der Waals surface area contributed by atoms with Crippen LogP contribution in [0.25, 0.3) is 0 Å². The summed E-state index contributed by atoms with van der Waals surface area (Å²) in [5.74, 6) is 0.0446. The Hall–Kier alpha value is -2.34. The molecule has 6 nitrogen and oxygen atoms in total. The van der Waals surface area contributed by atoms with Crippen LogP contribution in [0.2, 0.25) is 5.02 Å². The van der Waals surface area contributed by atoms with Crippen LogP contribution in [0.1, 0.15) is 37.6 Å². The monoisotopic (exact) mass is 334 g/mol. The number of aromatic amines is 1. The molecule has 2 aromatic rings. The molecule has 0 spiro atoms. The molecule has 1 atom stereocenters. The zero-order valence-corrected chi connectivity index (χ0v) is 13.8. The van der Waals surface area contributed by atoms with Crippen LogP contribution < -0.4 is 10.6 Å². The SMILES string of the molecule is CCc1cc(NC(=O)CC(NC(C)=O)c2ccc(Cl)cc2)n[nH]1. The molecule has 2 rings (SSSR count). The first-order chi connectivity index (χ1) is 11.0. The Bertz CT molecular complexity index is 682. The van der Waals surface area contributed by atoms with Crippen molar-refractivity contribution >= 4 is 29.2 Å². The molecule has 2 amide bonds. The number of rotatable bonds is 6. The lowest BCUT2D eigenvalue weighted by Crippen LogP contribution is -2.29. The van der Waals surface area contributed by atoms with E-state index in [-0.39, 0.29) is 18.2 Å². The van der Waals surface area contributed by atoms with Crippen LogP contribution in [-0.4, -0.2) is 22.0 Å². The number of aromatic nitrogens is 2. The molecule has 1 aromatic carbocycles. The van der Waals surface area contributed by atoms with Crippen LogP contribution in [0.4, 0.5) is 5.82 Å². The predicted octanol–water partition coefficient (Wildman–Crippen LogP) is 2.83. The number of halogens is 1. The van der Waals surface area contributed by atoms with Gasteiger partial charge < -0.3 is 10.6 Å². The van der Waals surface area contributed by atoms with Gasteiger partial charge in [-0.25, -0.2) is 0 Å². The standard InChI is InChI=1S/C16H19ClN4O2/c1-3-13-8-15(21-20-13)19-16(23)9-14(18-10(2)22)11-4-6-12(17)7-5-11/h4-8,14H,3,9H2,1-2H3,(H,18,22)(H2,19,20,21,23). The molecule has 7 heteroatoms. The van der Waals surface area contributed by atoms with E-state index in [9.17, 15) is 9.59 Å². The number of hydrogen-bond acceptors (Lipinski definition) is 3. The lowest BCUT2D eigenvalue weighted by molar-refractivity contribution is -0.120. The fourth-order valence-electron chi connectivity index (χ4n) is 2.18. The normalized spacial score (nSPS) is 11.8. The van der Waals surface area contributed by atoms with Gasteiger partial charge in [-0.2, -0.15) is 5.10 Å². The lowest BCUT2D eigenvalue weighted by atomic mass is 10.0. The topological polar surface area (TPSA) is 86.9 Å². The number of nitrogens with zero attached hydrogens (tertiary/aromatic N) is 1. The summed E-state index contributed by atoms with van der Waals surface area (Å²) in [5.41, 5.74) is 1.76. The van der Waals surface area contributed by atoms with Gasteiger partial charge in [-0.15, -0.1) is 0 Å². The second-order valence-corrected chi connectivity index (χ2v) is 5.63. The Morgan fingerprint density at radius 3 is 2.57 bits per heavy atom. The van der Waals surface area contributed by atoms with Crippen LogP contribution in [-0.2, 0) is 16.0 Å². The molecule has 1 aromatic heterocycles. The summed E-state index contributed by atoms with van der Waals surface area (Å²) in [5, 5.41) is 13.0. The van der Waals surface area contributed by atoms with Crippen molar-refractivity contribution in [1.29, 1.82) is 0 Å². The van der Waals surface area contributed by atoms with Crippen molar-refractivity contribution in [2.75, 3.05) is 5.32 Å². The van der Waals surface area contributed by atoms with E-state index in [0.717, 1.165) is 17.7 Å². The highest BCUT2D eigenvalue weighted by molar-refractivity contribution is 6.30. The van der Waals surface area contributed by atoms with Gasteiger partial charge in [0.2, 0.25) is 11.8 Å². The average molecular weight is 335 g/mol. The summed E-state index contributed by atoms with van der Waals surface area (Å²) < 4.78 is 0. The highest BCUT2D eigenvalue weighted by Gasteiger charge is 2.18. The highest BCUT2D eigenvalue weighted by Crippen LogP contribution is 2.20. The molecule has 1 heterocycles.